The molecular weight excluding hydrogens is 581 g/mol. The first kappa shape index (κ1) is 37.0. The molecule has 210 valence electrons. The largest absolute Gasteiger partial charge is 2.00 e. The van der Waals surface area contributed by atoms with Crippen LogP contribution in [0.2, 0.25) is 0 Å². The minimum Gasteiger partial charge on any atom is -0.496 e. The molecule has 0 spiro atoms. The molecule has 0 heterocycles. The third-order valence-electron chi connectivity index (χ3n) is 7.13. The fraction of sp³-hybridized carbons (Fsp3) is 0.533. The van der Waals surface area contributed by atoms with Crippen LogP contribution < -0.4 is 20.1 Å². The van der Waals surface area contributed by atoms with Crippen molar-refractivity contribution in [2.45, 2.75) is 90.4 Å². The molecule has 2 nitrogen and oxygen atoms in total. The van der Waals surface area contributed by atoms with Crippen molar-refractivity contribution in [2.24, 2.45) is 0 Å². The van der Waals surface area contributed by atoms with Crippen molar-refractivity contribution in [1.82, 2.24) is 0 Å². The van der Waals surface area contributed by atoms with Crippen molar-refractivity contribution in [2.75, 3.05) is 14.2 Å². The maximum Gasteiger partial charge on any atom is 2.00 e. The van der Waals surface area contributed by atoms with Crippen LogP contribution >= 0.6 is 37.0 Å². The van der Waals surface area contributed by atoms with E-state index in [-0.39, 0.29) is 31.9 Å². The smallest absolute Gasteiger partial charge is 0.496 e. The summed E-state index contributed by atoms with van der Waals surface area (Å²) >= 11 is 13.0. The van der Waals surface area contributed by atoms with Crippen LogP contribution in [-0.4, -0.2) is 25.5 Å². The third kappa shape index (κ3) is 9.27. The summed E-state index contributed by atoms with van der Waals surface area (Å²) in [6.07, 6.45) is 11.0. The minimum atomic E-state index is -0.992. The summed E-state index contributed by atoms with van der Waals surface area (Å²) in [7, 11) is 2.90. The van der Waals surface area contributed by atoms with Crippen LogP contribution in [0.1, 0.15) is 73.6 Å². The topological polar surface area (TPSA) is 18.5 Å². The number of hydrogen-bond acceptors (Lipinski definition) is 2. The van der Waals surface area contributed by atoms with Crippen LogP contribution in [0.4, 0.5) is 0 Å². The second-order valence-electron chi connectivity index (χ2n) is 9.69. The fourth-order valence-corrected chi connectivity index (χ4v) is 12.4. The molecule has 2 unspecified atom stereocenters. The van der Waals surface area contributed by atoms with E-state index in [9.17, 15) is 0 Å². The second kappa shape index (κ2) is 17.6. The summed E-state index contributed by atoms with van der Waals surface area (Å²) in [4.78, 5) is 0. The SMILES string of the molecule is C1CCCC1.COc1c(C)cc(P(c2cc(C)c(OC)c(C)c2)C2CCCC2P(Cl)Cl)cc1C.[CH3-].[CH3-].[Fe+2]. The van der Waals surface area contributed by atoms with Crippen molar-refractivity contribution in [3.63, 3.8) is 0 Å². The Morgan fingerprint density at radius 3 is 1.24 bits per heavy atom. The minimum absolute atomic E-state index is 0. The normalized spacial score (nSPS) is 18.3. The summed E-state index contributed by atoms with van der Waals surface area (Å²) in [6.45, 7) is 7.55. The summed E-state index contributed by atoms with van der Waals surface area (Å²) in [6, 6.07) is 9.25. The van der Waals surface area contributed by atoms with E-state index in [1.54, 1.807) is 14.2 Å². The van der Waals surface area contributed by atoms with Gasteiger partial charge in [-0.15, -0.1) is 0 Å². The summed E-state index contributed by atoms with van der Waals surface area (Å²) in [5.74, 6) is 1.96. The maximum atomic E-state index is 6.52. The number of rotatable bonds is 6. The van der Waals surface area contributed by atoms with Crippen molar-refractivity contribution in [1.29, 1.82) is 0 Å². The molecular formula is C30H46Cl2FeO2P2. The average molecular weight is 627 g/mol. The number of ether oxygens (including phenoxy) is 2. The Labute approximate surface area is 250 Å². The molecule has 0 aliphatic heterocycles. The van der Waals surface area contributed by atoms with Gasteiger partial charge in [0.15, 0.2) is 0 Å². The molecule has 2 aromatic rings. The van der Waals surface area contributed by atoms with Gasteiger partial charge in [-0.25, -0.2) is 0 Å². The second-order valence-corrected chi connectivity index (χ2v) is 16.0. The number of benzene rings is 2. The zero-order valence-electron chi connectivity index (χ0n) is 23.9. The first-order valence-corrected chi connectivity index (χ1v) is 17.1. The Balaban J connectivity index is 0.00000145. The number of aryl methyl sites for hydroxylation is 4. The maximum absolute atomic E-state index is 6.52. The van der Waals surface area contributed by atoms with E-state index in [1.807, 2.05) is 0 Å². The summed E-state index contributed by atoms with van der Waals surface area (Å²) in [5.41, 5.74) is 5.64. The molecule has 2 fully saturated rings. The molecule has 0 saturated heterocycles. The molecule has 2 aliphatic carbocycles. The number of methoxy groups -OCH3 is 2. The molecule has 2 atom stereocenters. The van der Waals surface area contributed by atoms with Crippen molar-refractivity contribution in [3.8, 4) is 11.5 Å². The van der Waals surface area contributed by atoms with Crippen LogP contribution in [0.3, 0.4) is 0 Å². The van der Waals surface area contributed by atoms with Gasteiger partial charge in [0.2, 0.25) is 0 Å². The number of hydrogen-bond donors (Lipinski definition) is 0. The van der Waals surface area contributed by atoms with E-state index in [1.165, 1.54) is 77.8 Å². The van der Waals surface area contributed by atoms with E-state index in [0.29, 0.717) is 11.3 Å². The predicted molar refractivity (Wildman–Crippen MR) is 167 cm³/mol. The van der Waals surface area contributed by atoms with Gasteiger partial charge in [0.1, 0.15) is 11.5 Å². The van der Waals surface area contributed by atoms with Crippen LogP contribution in [-0.2, 0) is 17.1 Å². The number of halogens is 2. The van der Waals surface area contributed by atoms with Crippen LogP contribution in [0.25, 0.3) is 0 Å². The molecule has 0 amide bonds. The van der Waals surface area contributed by atoms with Gasteiger partial charge in [0.25, 0.3) is 0 Å². The standard InChI is InChI=1S/C23H30Cl2O2P2.C5H10.2CH3.Fe/c1-14-10-18(11-15(2)22(14)26-5)28(20-8-7-9-21(20)29(24)25)19-12-16(3)23(27-6)17(4)13-19;1-2-4-5-3-1;;;/h10-13,20-21H,7-9H2,1-6H3;1-5H2;2*1H3;/q;;2*-1;+2. The molecule has 2 aromatic carbocycles. The van der Waals surface area contributed by atoms with Gasteiger partial charge in [0, 0.05) is 5.66 Å². The van der Waals surface area contributed by atoms with Gasteiger partial charge in [-0.05, 0) is 111 Å². The van der Waals surface area contributed by atoms with Gasteiger partial charge in [-0.2, -0.15) is 0 Å². The van der Waals surface area contributed by atoms with Gasteiger partial charge in [-0.3, -0.25) is 0 Å². The van der Waals surface area contributed by atoms with Gasteiger partial charge in [0.05, 0.1) is 20.8 Å². The van der Waals surface area contributed by atoms with Crippen LogP contribution in [0.5, 0.6) is 11.5 Å². The monoisotopic (exact) mass is 626 g/mol. The Morgan fingerprint density at radius 2 is 0.946 bits per heavy atom. The van der Waals surface area contributed by atoms with Crippen molar-refractivity contribution >= 4 is 47.6 Å². The first-order chi connectivity index (χ1) is 16.3. The Hall–Kier alpha value is -0.000519. The Kier molecular flexibility index (Phi) is 17.6. The molecule has 37 heavy (non-hydrogen) atoms. The van der Waals surface area contributed by atoms with Crippen molar-refractivity contribution < 1.29 is 26.5 Å². The van der Waals surface area contributed by atoms with Gasteiger partial charge >= 0.3 is 17.1 Å². The van der Waals surface area contributed by atoms with Gasteiger partial charge < -0.3 is 24.3 Å². The van der Waals surface area contributed by atoms with E-state index in [0.717, 1.165) is 17.9 Å². The van der Waals surface area contributed by atoms with Crippen LogP contribution in [0.15, 0.2) is 24.3 Å². The van der Waals surface area contributed by atoms with Gasteiger partial charge in [-0.1, -0.05) is 61.0 Å². The van der Waals surface area contributed by atoms with E-state index in [4.69, 9.17) is 32.0 Å². The first-order valence-electron chi connectivity index (χ1n) is 12.5. The predicted octanol–water partition coefficient (Wildman–Crippen LogP) is 9.93. The molecule has 2 aliphatic rings. The molecule has 0 N–H and O–H groups in total. The molecule has 4 rings (SSSR count). The van der Waals surface area contributed by atoms with E-state index >= 15 is 0 Å². The zero-order valence-corrected chi connectivity index (χ0v) is 28.3. The Morgan fingerprint density at radius 1 is 0.622 bits per heavy atom. The third-order valence-corrected chi connectivity index (χ3v) is 12.9. The van der Waals surface area contributed by atoms with E-state index in [2.05, 4.69) is 52.0 Å². The average Bonchev–Trinajstić information content (AvgIpc) is 3.49. The van der Waals surface area contributed by atoms with Crippen LogP contribution in [0, 0.1) is 42.5 Å². The van der Waals surface area contributed by atoms with E-state index < -0.39 is 14.5 Å². The Bertz CT molecular complexity index is 853. The summed E-state index contributed by atoms with van der Waals surface area (Å²) in [5, 5.41) is 2.78. The fourth-order valence-electron chi connectivity index (χ4n) is 5.64. The molecule has 0 bridgehead atoms. The zero-order chi connectivity index (χ0) is 24.8. The molecule has 0 aromatic heterocycles. The molecule has 0 radical (unpaired) electrons. The van der Waals surface area contributed by atoms with Crippen molar-refractivity contribution in [3.05, 3.63) is 61.4 Å². The quantitative estimate of drug-likeness (QED) is 0.180. The molecule has 2 saturated carbocycles. The summed E-state index contributed by atoms with van der Waals surface area (Å²) < 4.78 is 11.2. The molecule has 7 heteroatoms.